The van der Waals surface area contributed by atoms with Gasteiger partial charge in [-0.1, -0.05) is 6.07 Å². The lowest BCUT2D eigenvalue weighted by molar-refractivity contribution is 0.0701. The van der Waals surface area contributed by atoms with Crippen molar-refractivity contribution >= 4 is 38.9 Å². The van der Waals surface area contributed by atoms with Crippen LogP contribution in [0, 0.1) is 6.92 Å². The van der Waals surface area contributed by atoms with Crippen LogP contribution in [0.5, 0.6) is 0 Å². The zero-order valence-corrected chi connectivity index (χ0v) is 12.8. The van der Waals surface area contributed by atoms with Crippen molar-refractivity contribution in [3.63, 3.8) is 0 Å². The van der Waals surface area contributed by atoms with E-state index in [1.807, 2.05) is 17.5 Å². The molecular formula is C14H12N2O3S2. The van der Waals surface area contributed by atoms with Gasteiger partial charge in [0.05, 0.1) is 5.39 Å². The molecule has 0 atom stereocenters. The number of aromatic amines is 1. The lowest BCUT2D eigenvalue weighted by Gasteiger charge is -2.00. The number of fused-ring (bicyclic) bond motifs is 1. The minimum atomic E-state index is -1.02. The molecule has 3 rings (SSSR count). The average molecular weight is 320 g/mol. The van der Waals surface area contributed by atoms with Crippen molar-refractivity contribution < 1.29 is 9.90 Å². The van der Waals surface area contributed by atoms with Gasteiger partial charge in [-0.05, 0) is 30.4 Å². The van der Waals surface area contributed by atoms with Crippen LogP contribution in [0.3, 0.4) is 0 Å². The number of aryl methyl sites for hydroxylation is 3. The molecule has 0 aliphatic rings. The highest BCUT2D eigenvalue weighted by Crippen LogP contribution is 2.26. The fourth-order valence-electron chi connectivity index (χ4n) is 2.21. The van der Waals surface area contributed by atoms with Crippen molar-refractivity contribution in [2.75, 3.05) is 0 Å². The standard InChI is InChI=1S/C14H12N2O3S2/c1-7-10-12(17)15-9(5-4-8-3-2-6-20-8)16-13(10)21-11(7)14(18)19/h2-3,6H,4-5H2,1H3,(H,18,19)(H,15,16,17). The minimum absolute atomic E-state index is 0.179. The zero-order chi connectivity index (χ0) is 15.0. The number of nitrogens with one attached hydrogen (secondary N) is 1. The van der Waals surface area contributed by atoms with Crippen molar-refractivity contribution in [2.24, 2.45) is 0 Å². The van der Waals surface area contributed by atoms with E-state index in [4.69, 9.17) is 5.11 Å². The van der Waals surface area contributed by atoms with Gasteiger partial charge < -0.3 is 10.1 Å². The first-order valence-corrected chi connectivity index (χ1v) is 8.04. The molecule has 0 spiro atoms. The second-order valence-electron chi connectivity index (χ2n) is 4.63. The molecule has 0 radical (unpaired) electrons. The van der Waals surface area contributed by atoms with Crippen molar-refractivity contribution in [3.8, 4) is 0 Å². The van der Waals surface area contributed by atoms with Crippen LogP contribution < -0.4 is 5.56 Å². The van der Waals surface area contributed by atoms with Crippen LogP contribution in [0.2, 0.25) is 0 Å². The van der Waals surface area contributed by atoms with E-state index in [1.165, 1.54) is 4.88 Å². The Morgan fingerprint density at radius 1 is 1.43 bits per heavy atom. The molecule has 0 fully saturated rings. The summed E-state index contributed by atoms with van der Waals surface area (Å²) in [7, 11) is 0. The summed E-state index contributed by atoms with van der Waals surface area (Å²) >= 11 is 2.72. The molecule has 0 unspecified atom stereocenters. The van der Waals surface area contributed by atoms with E-state index in [-0.39, 0.29) is 10.4 Å². The van der Waals surface area contributed by atoms with Crippen molar-refractivity contribution in [1.82, 2.24) is 9.97 Å². The fraction of sp³-hybridized carbons (Fsp3) is 0.214. The molecule has 108 valence electrons. The van der Waals surface area contributed by atoms with Crippen molar-refractivity contribution in [1.29, 1.82) is 0 Å². The molecule has 2 N–H and O–H groups in total. The van der Waals surface area contributed by atoms with Crippen LogP contribution in [0.4, 0.5) is 0 Å². The molecule has 0 amide bonds. The SMILES string of the molecule is Cc1c(C(=O)O)sc2nc(CCc3cccs3)[nH]c(=O)c12. The van der Waals surface area contributed by atoms with Gasteiger partial charge in [0.2, 0.25) is 0 Å². The van der Waals surface area contributed by atoms with Crippen LogP contribution in [0.1, 0.15) is 25.9 Å². The molecule has 0 aliphatic heterocycles. The molecule has 3 aromatic rings. The van der Waals surface area contributed by atoms with Crippen LogP contribution >= 0.6 is 22.7 Å². The normalized spacial score (nSPS) is 11.1. The summed E-state index contributed by atoms with van der Waals surface area (Å²) in [5.74, 6) is -0.422. The van der Waals surface area contributed by atoms with Crippen LogP contribution in [-0.2, 0) is 12.8 Å². The summed E-state index contributed by atoms with van der Waals surface area (Å²) in [6.07, 6.45) is 1.44. The zero-order valence-electron chi connectivity index (χ0n) is 11.2. The van der Waals surface area contributed by atoms with Gasteiger partial charge in [0.15, 0.2) is 0 Å². The maximum atomic E-state index is 12.1. The number of carboxylic acids is 1. The molecule has 0 aliphatic carbocycles. The Kier molecular flexibility index (Phi) is 3.60. The Hall–Kier alpha value is -1.99. The van der Waals surface area contributed by atoms with Crippen molar-refractivity contribution in [3.05, 3.63) is 49.0 Å². The quantitative estimate of drug-likeness (QED) is 0.774. The number of hydrogen-bond donors (Lipinski definition) is 2. The second kappa shape index (κ2) is 5.42. The summed E-state index contributed by atoms with van der Waals surface area (Å²) in [6.45, 7) is 1.64. The third-order valence-electron chi connectivity index (χ3n) is 3.23. The largest absolute Gasteiger partial charge is 0.477 e. The first kappa shape index (κ1) is 14.0. The number of rotatable bonds is 4. The van der Waals surface area contributed by atoms with E-state index in [1.54, 1.807) is 18.3 Å². The summed E-state index contributed by atoms with van der Waals surface area (Å²) in [4.78, 5) is 32.3. The number of aromatic carboxylic acids is 1. The molecule has 0 saturated carbocycles. The van der Waals surface area contributed by atoms with Gasteiger partial charge in [-0.3, -0.25) is 4.79 Å². The van der Waals surface area contributed by atoms with Gasteiger partial charge >= 0.3 is 5.97 Å². The number of aromatic nitrogens is 2. The van der Waals surface area contributed by atoms with E-state index in [0.29, 0.717) is 28.0 Å². The van der Waals surface area contributed by atoms with E-state index < -0.39 is 5.97 Å². The predicted molar refractivity (Wildman–Crippen MR) is 83.7 cm³/mol. The Morgan fingerprint density at radius 3 is 2.90 bits per heavy atom. The van der Waals surface area contributed by atoms with E-state index in [0.717, 1.165) is 17.8 Å². The lowest BCUT2D eigenvalue weighted by Crippen LogP contribution is -2.12. The summed E-state index contributed by atoms with van der Waals surface area (Å²) < 4.78 is 0. The molecule has 3 heterocycles. The Labute approximate surface area is 127 Å². The van der Waals surface area contributed by atoms with Gasteiger partial charge in [0, 0.05) is 11.3 Å². The first-order chi connectivity index (χ1) is 10.1. The minimum Gasteiger partial charge on any atom is -0.477 e. The first-order valence-electron chi connectivity index (χ1n) is 6.34. The summed E-state index contributed by atoms with van der Waals surface area (Å²) in [5.41, 5.74) is 0.225. The molecule has 0 saturated heterocycles. The number of carbonyl (C=O) groups is 1. The Balaban J connectivity index is 1.99. The monoisotopic (exact) mass is 320 g/mol. The third-order valence-corrected chi connectivity index (χ3v) is 5.34. The maximum Gasteiger partial charge on any atom is 0.346 e. The van der Waals surface area contributed by atoms with Gasteiger partial charge in [-0.25, -0.2) is 9.78 Å². The van der Waals surface area contributed by atoms with Gasteiger partial charge in [-0.2, -0.15) is 0 Å². The topological polar surface area (TPSA) is 83.0 Å². The highest BCUT2D eigenvalue weighted by molar-refractivity contribution is 7.20. The van der Waals surface area contributed by atoms with E-state index in [2.05, 4.69) is 9.97 Å². The highest BCUT2D eigenvalue weighted by Gasteiger charge is 2.18. The average Bonchev–Trinajstić information content (AvgIpc) is 3.04. The van der Waals surface area contributed by atoms with Crippen LogP contribution in [0.15, 0.2) is 22.3 Å². The molecule has 5 nitrogen and oxygen atoms in total. The van der Waals surface area contributed by atoms with Gasteiger partial charge in [0.25, 0.3) is 5.56 Å². The lowest BCUT2D eigenvalue weighted by atomic mass is 10.2. The van der Waals surface area contributed by atoms with Crippen LogP contribution in [0.25, 0.3) is 10.2 Å². The number of hydrogen-bond acceptors (Lipinski definition) is 5. The summed E-state index contributed by atoms with van der Waals surface area (Å²) in [5, 5.41) is 11.5. The highest BCUT2D eigenvalue weighted by atomic mass is 32.1. The maximum absolute atomic E-state index is 12.1. The smallest absolute Gasteiger partial charge is 0.346 e. The number of H-pyrrole nitrogens is 1. The molecule has 21 heavy (non-hydrogen) atoms. The number of nitrogens with zero attached hydrogens (tertiary/aromatic N) is 1. The third kappa shape index (κ3) is 2.62. The van der Waals surface area contributed by atoms with Crippen molar-refractivity contribution in [2.45, 2.75) is 19.8 Å². The second-order valence-corrected chi connectivity index (χ2v) is 6.66. The Bertz CT molecular complexity index is 862. The molecule has 0 bridgehead atoms. The number of carboxylic acid groups (broad SMARTS) is 1. The Morgan fingerprint density at radius 2 is 2.24 bits per heavy atom. The molecule has 0 aromatic carbocycles. The van der Waals surface area contributed by atoms with E-state index >= 15 is 0 Å². The predicted octanol–water partition coefficient (Wildman–Crippen LogP) is 2.84. The molecule has 3 aromatic heterocycles. The molecule has 7 heteroatoms. The van der Waals surface area contributed by atoms with Gasteiger partial charge in [0.1, 0.15) is 15.5 Å². The molecular weight excluding hydrogens is 308 g/mol. The van der Waals surface area contributed by atoms with Gasteiger partial charge in [-0.15, -0.1) is 22.7 Å². The van der Waals surface area contributed by atoms with E-state index in [9.17, 15) is 9.59 Å². The van der Waals surface area contributed by atoms with Crippen LogP contribution in [-0.4, -0.2) is 21.0 Å². The fourth-order valence-corrected chi connectivity index (χ4v) is 3.96. The number of thiophene rings is 2. The summed E-state index contributed by atoms with van der Waals surface area (Å²) in [6, 6.07) is 4.03.